The van der Waals surface area contributed by atoms with Crippen LogP contribution in [0.15, 0.2) is 48.5 Å². The van der Waals surface area contributed by atoms with Gasteiger partial charge in [0.15, 0.2) is 11.6 Å². The first-order valence-electron chi connectivity index (χ1n) is 9.07. The van der Waals surface area contributed by atoms with Gasteiger partial charge in [0, 0.05) is 26.1 Å². The zero-order valence-corrected chi connectivity index (χ0v) is 14.8. The van der Waals surface area contributed by atoms with Crippen molar-refractivity contribution in [2.24, 2.45) is 5.92 Å². The van der Waals surface area contributed by atoms with Crippen molar-refractivity contribution in [2.45, 2.75) is 25.8 Å². The van der Waals surface area contributed by atoms with E-state index in [-0.39, 0.29) is 12.3 Å². The van der Waals surface area contributed by atoms with Crippen LogP contribution in [0.25, 0.3) is 0 Å². The van der Waals surface area contributed by atoms with Gasteiger partial charge in [-0.2, -0.15) is 0 Å². The highest BCUT2D eigenvalue weighted by molar-refractivity contribution is 5.76. The number of hydrogen-bond acceptors (Lipinski definition) is 2. The van der Waals surface area contributed by atoms with Crippen LogP contribution in [0.4, 0.5) is 8.78 Å². The molecule has 3 rings (SSSR count). The molecule has 0 aromatic heterocycles. The Morgan fingerprint density at radius 1 is 1.08 bits per heavy atom. The number of halogens is 2. The molecule has 138 valence electrons. The lowest BCUT2D eigenvalue weighted by atomic mass is 10.1. The molecule has 0 radical (unpaired) electrons. The van der Waals surface area contributed by atoms with E-state index in [9.17, 15) is 13.6 Å². The van der Waals surface area contributed by atoms with E-state index in [0.29, 0.717) is 24.4 Å². The summed E-state index contributed by atoms with van der Waals surface area (Å²) in [6, 6.07) is 14.2. The summed E-state index contributed by atoms with van der Waals surface area (Å²) in [5, 5.41) is 2.97. The summed E-state index contributed by atoms with van der Waals surface area (Å²) in [7, 11) is 0. The lowest BCUT2D eigenvalue weighted by Gasteiger charge is -2.16. The number of aryl methyl sites for hydroxylation is 1. The zero-order chi connectivity index (χ0) is 18.4. The second-order valence-electron chi connectivity index (χ2n) is 6.93. The number of carbonyl (C=O) groups is 1. The summed E-state index contributed by atoms with van der Waals surface area (Å²) < 4.78 is 26.1. The molecule has 0 spiro atoms. The van der Waals surface area contributed by atoms with E-state index in [0.717, 1.165) is 38.2 Å². The molecule has 3 nitrogen and oxygen atoms in total. The van der Waals surface area contributed by atoms with Gasteiger partial charge in [-0.15, -0.1) is 0 Å². The van der Waals surface area contributed by atoms with Crippen LogP contribution in [0, 0.1) is 17.6 Å². The fourth-order valence-electron chi connectivity index (χ4n) is 3.36. The second-order valence-corrected chi connectivity index (χ2v) is 6.93. The third-order valence-corrected chi connectivity index (χ3v) is 4.83. The molecule has 1 fully saturated rings. The molecule has 26 heavy (non-hydrogen) atoms. The molecular formula is C21H24F2N2O. The van der Waals surface area contributed by atoms with E-state index in [1.807, 2.05) is 6.07 Å². The highest BCUT2D eigenvalue weighted by Gasteiger charge is 2.22. The van der Waals surface area contributed by atoms with Crippen LogP contribution >= 0.6 is 0 Å². The van der Waals surface area contributed by atoms with Gasteiger partial charge in [-0.05, 0) is 48.6 Å². The first kappa shape index (κ1) is 18.5. The van der Waals surface area contributed by atoms with Crippen molar-refractivity contribution in [2.75, 3.05) is 19.6 Å². The molecule has 0 aliphatic carbocycles. The highest BCUT2D eigenvalue weighted by Crippen LogP contribution is 2.18. The minimum Gasteiger partial charge on any atom is -0.356 e. The van der Waals surface area contributed by atoms with Crippen molar-refractivity contribution in [3.8, 4) is 0 Å². The Kier molecular flexibility index (Phi) is 6.34. The van der Waals surface area contributed by atoms with Crippen LogP contribution in [-0.2, 0) is 17.8 Å². The lowest BCUT2D eigenvalue weighted by molar-refractivity contribution is -0.121. The number of amides is 1. The van der Waals surface area contributed by atoms with Crippen LogP contribution in [0.5, 0.6) is 0 Å². The second kappa shape index (κ2) is 8.90. The number of rotatable bonds is 7. The van der Waals surface area contributed by atoms with Gasteiger partial charge >= 0.3 is 0 Å². The van der Waals surface area contributed by atoms with Gasteiger partial charge in [0.05, 0.1) is 0 Å². The minimum absolute atomic E-state index is 0.0451. The van der Waals surface area contributed by atoms with E-state index >= 15 is 0 Å². The predicted octanol–water partition coefficient (Wildman–Crippen LogP) is 3.54. The summed E-state index contributed by atoms with van der Waals surface area (Å²) in [5.41, 5.74) is 1.94. The van der Waals surface area contributed by atoms with E-state index in [1.165, 1.54) is 11.6 Å². The van der Waals surface area contributed by atoms with Crippen molar-refractivity contribution in [3.63, 3.8) is 0 Å². The van der Waals surface area contributed by atoms with Crippen molar-refractivity contribution in [1.82, 2.24) is 10.2 Å². The number of nitrogens with zero attached hydrogens (tertiary/aromatic N) is 1. The molecule has 1 saturated heterocycles. The summed E-state index contributed by atoms with van der Waals surface area (Å²) in [6.07, 6.45) is 1.77. The number of carbonyl (C=O) groups excluding carboxylic acids is 1. The summed E-state index contributed by atoms with van der Waals surface area (Å²) in [6.45, 7) is 3.64. The maximum atomic E-state index is 13.2. The standard InChI is InChI=1S/C21H24F2N2O/c22-19-8-6-16(12-20(19)23)7-9-21(26)24-13-18-10-11-25(15-18)14-17-4-2-1-3-5-17/h1-6,8,12,18H,7,9-11,13-15H2,(H,24,26). The molecule has 1 aliphatic heterocycles. The molecule has 5 heteroatoms. The minimum atomic E-state index is -0.868. The van der Waals surface area contributed by atoms with Crippen LogP contribution in [0.2, 0.25) is 0 Å². The number of hydrogen-bond donors (Lipinski definition) is 1. The maximum absolute atomic E-state index is 13.2. The fourth-order valence-corrected chi connectivity index (χ4v) is 3.36. The Labute approximate surface area is 153 Å². The predicted molar refractivity (Wildman–Crippen MR) is 97.5 cm³/mol. The van der Waals surface area contributed by atoms with Gasteiger partial charge in [-0.3, -0.25) is 9.69 Å². The number of likely N-dealkylation sites (tertiary alicyclic amines) is 1. The Morgan fingerprint density at radius 3 is 2.65 bits per heavy atom. The number of nitrogens with one attached hydrogen (secondary N) is 1. The van der Waals surface area contributed by atoms with Gasteiger partial charge in [-0.25, -0.2) is 8.78 Å². The largest absolute Gasteiger partial charge is 0.356 e. The smallest absolute Gasteiger partial charge is 0.220 e. The molecule has 0 bridgehead atoms. The molecule has 0 saturated carbocycles. The van der Waals surface area contributed by atoms with E-state index in [1.54, 1.807) is 0 Å². The Hall–Kier alpha value is -2.27. The van der Waals surface area contributed by atoms with E-state index < -0.39 is 11.6 Å². The summed E-state index contributed by atoms with van der Waals surface area (Å²) in [5.74, 6) is -1.31. The van der Waals surface area contributed by atoms with Gasteiger partial charge < -0.3 is 5.32 Å². The van der Waals surface area contributed by atoms with Gasteiger partial charge in [-0.1, -0.05) is 36.4 Å². The van der Waals surface area contributed by atoms with Crippen molar-refractivity contribution in [1.29, 1.82) is 0 Å². The monoisotopic (exact) mass is 358 g/mol. The first-order chi connectivity index (χ1) is 12.6. The number of benzene rings is 2. The molecule has 1 amide bonds. The molecule has 2 aromatic rings. The molecular weight excluding hydrogens is 334 g/mol. The Balaban J connectivity index is 1.36. The Morgan fingerprint density at radius 2 is 1.88 bits per heavy atom. The third-order valence-electron chi connectivity index (χ3n) is 4.83. The molecule has 1 unspecified atom stereocenters. The van der Waals surface area contributed by atoms with E-state index in [2.05, 4.69) is 34.5 Å². The van der Waals surface area contributed by atoms with Gasteiger partial charge in [0.2, 0.25) is 5.91 Å². The zero-order valence-electron chi connectivity index (χ0n) is 14.8. The summed E-state index contributed by atoms with van der Waals surface area (Å²) >= 11 is 0. The van der Waals surface area contributed by atoms with Crippen LogP contribution in [0.1, 0.15) is 24.0 Å². The normalized spacial score (nSPS) is 17.4. The quantitative estimate of drug-likeness (QED) is 0.821. The van der Waals surface area contributed by atoms with Crippen LogP contribution in [0.3, 0.4) is 0 Å². The third kappa shape index (κ3) is 5.36. The van der Waals surface area contributed by atoms with Crippen LogP contribution < -0.4 is 5.32 Å². The summed E-state index contributed by atoms with van der Waals surface area (Å²) in [4.78, 5) is 14.4. The van der Waals surface area contributed by atoms with Gasteiger partial charge in [0.25, 0.3) is 0 Å². The molecule has 1 heterocycles. The van der Waals surface area contributed by atoms with Crippen molar-refractivity contribution < 1.29 is 13.6 Å². The molecule has 1 atom stereocenters. The lowest BCUT2D eigenvalue weighted by Crippen LogP contribution is -2.31. The highest BCUT2D eigenvalue weighted by atomic mass is 19.2. The Bertz CT molecular complexity index is 736. The van der Waals surface area contributed by atoms with Crippen molar-refractivity contribution >= 4 is 5.91 Å². The molecule has 2 aromatic carbocycles. The average Bonchev–Trinajstić information content (AvgIpc) is 3.09. The topological polar surface area (TPSA) is 32.3 Å². The molecule has 1 aliphatic rings. The maximum Gasteiger partial charge on any atom is 0.220 e. The van der Waals surface area contributed by atoms with Gasteiger partial charge in [0.1, 0.15) is 0 Å². The first-order valence-corrected chi connectivity index (χ1v) is 9.07. The molecule has 1 N–H and O–H groups in total. The fraction of sp³-hybridized carbons (Fsp3) is 0.381. The SMILES string of the molecule is O=C(CCc1ccc(F)c(F)c1)NCC1CCN(Cc2ccccc2)C1. The van der Waals surface area contributed by atoms with Crippen molar-refractivity contribution in [3.05, 3.63) is 71.3 Å². The van der Waals surface area contributed by atoms with E-state index in [4.69, 9.17) is 0 Å². The average molecular weight is 358 g/mol. The van der Waals surface area contributed by atoms with Crippen LogP contribution in [-0.4, -0.2) is 30.4 Å².